The number of aromatic nitrogens is 1. The zero-order valence-electron chi connectivity index (χ0n) is 17.3. The molecule has 2 aliphatic heterocycles. The summed E-state index contributed by atoms with van der Waals surface area (Å²) in [6.45, 7) is 1.45. The molecule has 1 aromatic carbocycles. The van der Waals surface area contributed by atoms with E-state index >= 15 is 0 Å². The van der Waals surface area contributed by atoms with Gasteiger partial charge in [-0.3, -0.25) is 4.79 Å². The van der Waals surface area contributed by atoms with Crippen LogP contribution in [0.1, 0.15) is 22.5 Å². The molecule has 2 aromatic rings. The minimum Gasteiger partial charge on any atom is -0.485 e. The first-order chi connectivity index (χ1) is 14.9. The van der Waals surface area contributed by atoms with Gasteiger partial charge in [-0.1, -0.05) is 24.0 Å². The summed E-state index contributed by atoms with van der Waals surface area (Å²) < 4.78 is 15.8. The van der Waals surface area contributed by atoms with E-state index in [0.717, 1.165) is 0 Å². The highest BCUT2D eigenvalue weighted by Gasteiger charge is 2.42. The van der Waals surface area contributed by atoms with E-state index in [2.05, 4.69) is 16.8 Å². The maximum absolute atomic E-state index is 12.1. The molecule has 8 heteroatoms. The molecular formula is C23H22N2O6. The Kier molecular flexibility index (Phi) is 5.63. The van der Waals surface area contributed by atoms with Crippen molar-refractivity contribution in [3.8, 4) is 28.8 Å². The van der Waals surface area contributed by atoms with E-state index in [9.17, 15) is 14.7 Å². The molecule has 2 saturated heterocycles. The number of amides is 1. The summed E-state index contributed by atoms with van der Waals surface area (Å²) in [5.74, 6) is 5.11. The Hall–Kier alpha value is -3.41. The van der Waals surface area contributed by atoms with E-state index in [-0.39, 0.29) is 18.2 Å². The monoisotopic (exact) mass is 422 g/mol. The van der Waals surface area contributed by atoms with Crippen molar-refractivity contribution in [1.82, 2.24) is 9.88 Å². The highest BCUT2D eigenvalue weighted by atomic mass is 16.6. The zero-order chi connectivity index (χ0) is 22.0. The van der Waals surface area contributed by atoms with Gasteiger partial charge in [0.1, 0.15) is 11.9 Å². The number of rotatable bonds is 4. The molecule has 8 nitrogen and oxygen atoms in total. The SMILES string of the molecule is COC(=O)c1cc(OC2COC2)cc(-c2cccc(C#C[C@]3(O)CCN(C)C3=O)c2)n1. The van der Waals surface area contributed by atoms with Crippen molar-refractivity contribution in [3.05, 3.63) is 47.7 Å². The number of carbonyl (C=O) groups is 2. The topological polar surface area (TPSA) is 98.2 Å². The average molecular weight is 422 g/mol. The molecule has 1 aromatic heterocycles. The first-order valence-corrected chi connectivity index (χ1v) is 9.84. The number of aliphatic hydroxyl groups is 1. The standard InChI is InChI=1S/C23H22N2O6/c1-25-9-8-23(28,22(25)27)7-6-15-4-3-5-16(10-15)19-11-17(31-18-13-30-14-18)12-20(24-19)21(26)29-2/h3-5,10-12,18,28H,8-9,13-14H2,1-2H3/t23-/m0/s1. The zero-order valence-corrected chi connectivity index (χ0v) is 17.3. The van der Waals surface area contributed by atoms with Crippen LogP contribution in [-0.4, -0.2) is 72.5 Å². The molecule has 0 bridgehead atoms. The Balaban J connectivity index is 1.65. The van der Waals surface area contributed by atoms with Crippen molar-refractivity contribution in [1.29, 1.82) is 0 Å². The van der Waals surface area contributed by atoms with Crippen LogP contribution in [-0.2, 0) is 14.3 Å². The molecule has 0 spiro atoms. The van der Waals surface area contributed by atoms with E-state index in [0.29, 0.717) is 42.3 Å². The van der Waals surface area contributed by atoms with Crippen molar-refractivity contribution in [2.45, 2.75) is 18.1 Å². The molecule has 1 amide bonds. The van der Waals surface area contributed by atoms with Gasteiger partial charge in [0.05, 0.1) is 26.0 Å². The quantitative estimate of drug-likeness (QED) is 0.585. The maximum atomic E-state index is 12.1. The van der Waals surface area contributed by atoms with Gasteiger partial charge in [0, 0.05) is 43.3 Å². The van der Waals surface area contributed by atoms with Crippen molar-refractivity contribution in [2.24, 2.45) is 0 Å². The average Bonchev–Trinajstić information content (AvgIpc) is 3.02. The van der Waals surface area contributed by atoms with Crippen LogP contribution in [0.15, 0.2) is 36.4 Å². The highest BCUT2D eigenvalue weighted by Crippen LogP contribution is 2.26. The molecule has 0 saturated carbocycles. The van der Waals surface area contributed by atoms with Crippen molar-refractivity contribution in [2.75, 3.05) is 33.9 Å². The lowest BCUT2D eigenvalue weighted by Crippen LogP contribution is -2.38. The molecule has 1 atom stereocenters. The first-order valence-electron chi connectivity index (χ1n) is 9.84. The second-order valence-corrected chi connectivity index (χ2v) is 7.51. The lowest BCUT2D eigenvalue weighted by atomic mass is 10.0. The number of benzene rings is 1. The van der Waals surface area contributed by atoms with Crippen LogP contribution in [0.25, 0.3) is 11.3 Å². The van der Waals surface area contributed by atoms with Gasteiger partial charge in [-0.2, -0.15) is 0 Å². The number of carbonyl (C=O) groups excluding carboxylic acids is 2. The lowest BCUT2D eigenvalue weighted by Gasteiger charge is -2.27. The van der Waals surface area contributed by atoms with E-state index < -0.39 is 17.5 Å². The van der Waals surface area contributed by atoms with E-state index in [4.69, 9.17) is 14.2 Å². The maximum Gasteiger partial charge on any atom is 0.356 e. The number of esters is 1. The summed E-state index contributed by atoms with van der Waals surface area (Å²) in [5, 5.41) is 10.5. The van der Waals surface area contributed by atoms with Gasteiger partial charge in [0.2, 0.25) is 5.60 Å². The Morgan fingerprint density at radius 3 is 2.77 bits per heavy atom. The molecular weight excluding hydrogens is 400 g/mol. The van der Waals surface area contributed by atoms with Crippen LogP contribution in [0.4, 0.5) is 0 Å². The third-order valence-corrected chi connectivity index (χ3v) is 5.19. The lowest BCUT2D eigenvalue weighted by molar-refractivity contribution is -0.137. The predicted molar refractivity (Wildman–Crippen MR) is 110 cm³/mol. The summed E-state index contributed by atoms with van der Waals surface area (Å²) in [6, 6.07) is 10.4. The van der Waals surface area contributed by atoms with E-state index in [1.54, 1.807) is 31.3 Å². The third kappa shape index (κ3) is 4.38. The minimum absolute atomic E-state index is 0.0687. The Bertz CT molecular complexity index is 1080. The van der Waals surface area contributed by atoms with E-state index in [1.165, 1.54) is 18.1 Å². The normalized spacial score (nSPS) is 20.6. The van der Waals surface area contributed by atoms with Crippen LogP contribution in [0, 0.1) is 11.8 Å². The molecule has 3 heterocycles. The van der Waals surface area contributed by atoms with Gasteiger partial charge in [0.15, 0.2) is 5.69 Å². The fourth-order valence-corrected chi connectivity index (χ4v) is 3.31. The third-order valence-electron chi connectivity index (χ3n) is 5.19. The van der Waals surface area contributed by atoms with Gasteiger partial charge in [-0.25, -0.2) is 9.78 Å². The summed E-state index contributed by atoms with van der Waals surface area (Å²) >= 11 is 0. The van der Waals surface area contributed by atoms with Gasteiger partial charge in [-0.15, -0.1) is 0 Å². The molecule has 4 rings (SSSR count). The molecule has 160 valence electrons. The molecule has 2 aliphatic rings. The fraction of sp³-hybridized carbons (Fsp3) is 0.348. The molecule has 0 unspecified atom stereocenters. The minimum atomic E-state index is -1.67. The van der Waals surface area contributed by atoms with Crippen LogP contribution in [0.3, 0.4) is 0 Å². The number of hydrogen-bond acceptors (Lipinski definition) is 7. The van der Waals surface area contributed by atoms with Crippen molar-refractivity contribution >= 4 is 11.9 Å². The number of nitrogens with zero attached hydrogens (tertiary/aromatic N) is 2. The predicted octanol–water partition coefficient (Wildman–Crippen LogP) is 1.26. The van der Waals surface area contributed by atoms with Gasteiger partial charge < -0.3 is 24.2 Å². The summed E-state index contributed by atoms with van der Waals surface area (Å²) in [4.78, 5) is 30.1. The summed E-state index contributed by atoms with van der Waals surface area (Å²) in [6.07, 6.45) is 0.198. The van der Waals surface area contributed by atoms with E-state index in [1.807, 2.05) is 6.07 Å². The van der Waals surface area contributed by atoms with Gasteiger partial charge >= 0.3 is 5.97 Å². The largest absolute Gasteiger partial charge is 0.485 e. The Morgan fingerprint density at radius 1 is 1.32 bits per heavy atom. The molecule has 1 N–H and O–H groups in total. The Morgan fingerprint density at radius 2 is 2.13 bits per heavy atom. The molecule has 0 radical (unpaired) electrons. The van der Waals surface area contributed by atoms with Crippen LogP contribution < -0.4 is 4.74 Å². The Labute approximate surface area is 179 Å². The highest BCUT2D eigenvalue weighted by molar-refractivity contribution is 5.90. The van der Waals surface area contributed by atoms with Crippen LogP contribution >= 0.6 is 0 Å². The van der Waals surface area contributed by atoms with Crippen molar-refractivity contribution in [3.63, 3.8) is 0 Å². The second kappa shape index (κ2) is 8.38. The fourth-order valence-electron chi connectivity index (χ4n) is 3.31. The van der Waals surface area contributed by atoms with Crippen LogP contribution in [0.5, 0.6) is 5.75 Å². The summed E-state index contributed by atoms with van der Waals surface area (Å²) in [7, 11) is 2.93. The number of ether oxygens (including phenoxy) is 3. The number of hydrogen-bond donors (Lipinski definition) is 1. The number of likely N-dealkylation sites (N-methyl/N-ethyl adjacent to an activating group) is 1. The van der Waals surface area contributed by atoms with Gasteiger partial charge in [0.25, 0.3) is 5.91 Å². The number of methoxy groups -OCH3 is 1. The molecule has 0 aliphatic carbocycles. The summed E-state index contributed by atoms with van der Waals surface area (Å²) in [5.41, 5.74) is 0.278. The van der Waals surface area contributed by atoms with Crippen molar-refractivity contribution < 1.29 is 28.9 Å². The number of pyridine rings is 1. The molecule has 31 heavy (non-hydrogen) atoms. The molecule has 2 fully saturated rings. The first kappa shape index (κ1) is 20.8. The smallest absolute Gasteiger partial charge is 0.356 e. The second-order valence-electron chi connectivity index (χ2n) is 7.51. The van der Waals surface area contributed by atoms with Gasteiger partial charge in [-0.05, 0) is 12.1 Å². The number of likely N-dealkylation sites (tertiary alicyclic amines) is 1. The van der Waals surface area contributed by atoms with Crippen LogP contribution in [0.2, 0.25) is 0 Å².